The van der Waals surface area contributed by atoms with Gasteiger partial charge in [0, 0.05) is 24.8 Å². The van der Waals surface area contributed by atoms with E-state index in [1.807, 2.05) is 12.1 Å². The second kappa shape index (κ2) is 7.02. The summed E-state index contributed by atoms with van der Waals surface area (Å²) in [5.41, 5.74) is 9.40. The fraction of sp³-hybridized carbons (Fsp3) is 0.200. The van der Waals surface area contributed by atoms with E-state index in [0.29, 0.717) is 11.4 Å². The highest BCUT2D eigenvalue weighted by atomic mass is 32.2. The minimum atomic E-state index is -4.01. The topological polar surface area (TPSA) is 119 Å². The van der Waals surface area contributed by atoms with Crippen LogP contribution in [0.2, 0.25) is 0 Å². The zero-order valence-electron chi connectivity index (χ0n) is 15.7. The zero-order valence-corrected chi connectivity index (χ0v) is 16.5. The van der Waals surface area contributed by atoms with Gasteiger partial charge in [0.25, 0.3) is 0 Å². The fourth-order valence-electron chi connectivity index (χ4n) is 3.53. The van der Waals surface area contributed by atoms with Crippen LogP contribution in [-0.4, -0.2) is 39.4 Å². The Bertz CT molecular complexity index is 1170. The number of aromatic nitrogens is 2. The van der Waals surface area contributed by atoms with Gasteiger partial charge in [0.2, 0.25) is 10.0 Å². The number of fused-ring (bicyclic) bond motifs is 1. The Balaban J connectivity index is 1.68. The predicted molar refractivity (Wildman–Crippen MR) is 107 cm³/mol. The van der Waals surface area contributed by atoms with Crippen LogP contribution in [0.25, 0.3) is 11.1 Å². The molecule has 0 fully saturated rings. The molecule has 150 valence electrons. The van der Waals surface area contributed by atoms with Crippen LogP contribution in [0.4, 0.5) is 5.69 Å². The number of nitrogens with zero attached hydrogens (tertiary/aromatic N) is 3. The molecular formula is C20H20N4O4S. The molecule has 1 aromatic heterocycles. The van der Waals surface area contributed by atoms with Gasteiger partial charge in [-0.2, -0.15) is 4.31 Å². The summed E-state index contributed by atoms with van der Waals surface area (Å²) < 4.78 is 29.2. The highest BCUT2D eigenvalue weighted by Gasteiger charge is 2.41. The summed E-state index contributed by atoms with van der Waals surface area (Å²) in [7, 11) is -2.24. The molecule has 1 aliphatic heterocycles. The van der Waals surface area contributed by atoms with E-state index in [1.165, 1.54) is 12.1 Å². The lowest BCUT2D eigenvalue weighted by atomic mass is 10.1. The predicted octanol–water partition coefficient (Wildman–Crippen LogP) is 1.87. The first-order valence-corrected chi connectivity index (χ1v) is 10.4. The zero-order chi connectivity index (χ0) is 20.8. The number of nitrogen functional groups attached to an aromatic ring is 1. The Morgan fingerprint density at radius 1 is 1.10 bits per heavy atom. The van der Waals surface area contributed by atoms with Gasteiger partial charge in [-0.15, -0.1) is 0 Å². The first-order chi connectivity index (χ1) is 13.8. The van der Waals surface area contributed by atoms with Crippen molar-refractivity contribution in [2.45, 2.75) is 23.9 Å². The standard InChI is InChI=1S/C20H20N4O4S/c1-23-12-22-17-11-24(19(20(25)26)10-18(17)23)29(27,28)16-8-4-14(5-9-16)13-2-6-15(21)7-3-13/h2-9,12,19H,10-11,21H2,1H3,(H,25,26). The van der Waals surface area contributed by atoms with Gasteiger partial charge < -0.3 is 15.4 Å². The summed E-state index contributed by atoms with van der Waals surface area (Å²) in [5.74, 6) is -1.18. The first kappa shape index (κ1) is 19.2. The molecule has 0 amide bonds. The van der Waals surface area contributed by atoms with Crippen LogP contribution >= 0.6 is 0 Å². The molecule has 0 radical (unpaired) electrons. The van der Waals surface area contributed by atoms with E-state index in [9.17, 15) is 18.3 Å². The lowest BCUT2D eigenvalue weighted by Crippen LogP contribution is -2.48. The van der Waals surface area contributed by atoms with Crippen LogP contribution in [-0.2, 0) is 34.8 Å². The van der Waals surface area contributed by atoms with Crippen LogP contribution in [0.5, 0.6) is 0 Å². The van der Waals surface area contributed by atoms with Crippen LogP contribution in [0, 0.1) is 0 Å². The molecule has 1 atom stereocenters. The van der Waals surface area contributed by atoms with E-state index < -0.39 is 22.0 Å². The number of rotatable bonds is 4. The number of nitrogens with two attached hydrogens (primary N) is 1. The van der Waals surface area contributed by atoms with Crippen molar-refractivity contribution in [3.8, 4) is 11.1 Å². The second-order valence-corrected chi connectivity index (χ2v) is 8.89. The monoisotopic (exact) mass is 412 g/mol. The normalized spacial score (nSPS) is 17.1. The van der Waals surface area contributed by atoms with Crippen LogP contribution < -0.4 is 5.73 Å². The molecule has 1 unspecified atom stereocenters. The van der Waals surface area contributed by atoms with Gasteiger partial charge in [0.05, 0.1) is 23.5 Å². The van der Waals surface area contributed by atoms with Crippen molar-refractivity contribution in [1.82, 2.24) is 13.9 Å². The molecule has 0 saturated carbocycles. The highest BCUT2D eigenvalue weighted by Crippen LogP contribution is 2.30. The number of hydrogen-bond acceptors (Lipinski definition) is 5. The maximum atomic E-state index is 13.2. The summed E-state index contributed by atoms with van der Waals surface area (Å²) in [5, 5.41) is 9.64. The van der Waals surface area contributed by atoms with Crippen molar-refractivity contribution < 1.29 is 18.3 Å². The molecule has 2 heterocycles. The Morgan fingerprint density at radius 2 is 1.69 bits per heavy atom. The quantitative estimate of drug-likeness (QED) is 0.632. The third-order valence-electron chi connectivity index (χ3n) is 5.18. The van der Waals surface area contributed by atoms with E-state index in [4.69, 9.17) is 5.73 Å². The Kier molecular flexibility index (Phi) is 4.64. The molecule has 8 nitrogen and oxygen atoms in total. The Labute approximate surface area is 168 Å². The summed E-state index contributed by atoms with van der Waals surface area (Å²) in [6.07, 6.45) is 1.64. The minimum absolute atomic E-state index is 0.0438. The first-order valence-electron chi connectivity index (χ1n) is 8.97. The summed E-state index contributed by atoms with van der Waals surface area (Å²) in [4.78, 5) is 16.1. The molecule has 2 aromatic carbocycles. The van der Waals surface area contributed by atoms with Crippen molar-refractivity contribution in [2.24, 2.45) is 7.05 Å². The van der Waals surface area contributed by atoms with Gasteiger partial charge in [-0.1, -0.05) is 24.3 Å². The average molecular weight is 412 g/mol. The van der Waals surface area contributed by atoms with Crippen LogP contribution in [0.3, 0.4) is 0 Å². The number of carboxylic acids is 1. The highest BCUT2D eigenvalue weighted by molar-refractivity contribution is 7.89. The fourth-order valence-corrected chi connectivity index (χ4v) is 5.08. The molecule has 0 bridgehead atoms. The molecule has 3 N–H and O–H groups in total. The van der Waals surface area contributed by atoms with E-state index in [0.717, 1.165) is 21.1 Å². The van der Waals surface area contributed by atoms with Gasteiger partial charge in [0.1, 0.15) is 6.04 Å². The van der Waals surface area contributed by atoms with Gasteiger partial charge in [-0.3, -0.25) is 4.79 Å². The van der Waals surface area contributed by atoms with Crippen molar-refractivity contribution >= 4 is 21.7 Å². The summed E-state index contributed by atoms with van der Waals surface area (Å²) >= 11 is 0. The molecule has 0 spiro atoms. The molecule has 4 rings (SSSR count). The van der Waals surface area contributed by atoms with Crippen molar-refractivity contribution in [1.29, 1.82) is 0 Å². The van der Waals surface area contributed by atoms with Crippen molar-refractivity contribution in [3.63, 3.8) is 0 Å². The van der Waals surface area contributed by atoms with Crippen molar-refractivity contribution in [2.75, 3.05) is 5.73 Å². The molecule has 0 aliphatic carbocycles. The van der Waals surface area contributed by atoms with E-state index in [1.54, 1.807) is 42.2 Å². The molecular weight excluding hydrogens is 392 g/mol. The van der Waals surface area contributed by atoms with E-state index >= 15 is 0 Å². The molecule has 3 aromatic rings. The van der Waals surface area contributed by atoms with Gasteiger partial charge in [-0.25, -0.2) is 13.4 Å². The number of imidazole rings is 1. The third kappa shape index (κ3) is 3.39. The Morgan fingerprint density at radius 3 is 2.28 bits per heavy atom. The van der Waals surface area contributed by atoms with Crippen LogP contribution in [0.1, 0.15) is 11.4 Å². The number of benzene rings is 2. The maximum absolute atomic E-state index is 13.2. The Hall–Kier alpha value is -3.17. The maximum Gasteiger partial charge on any atom is 0.322 e. The lowest BCUT2D eigenvalue weighted by Gasteiger charge is -2.31. The third-order valence-corrected chi connectivity index (χ3v) is 7.04. The smallest absolute Gasteiger partial charge is 0.322 e. The number of hydrogen-bond donors (Lipinski definition) is 2. The van der Waals surface area contributed by atoms with E-state index in [-0.39, 0.29) is 17.9 Å². The number of sulfonamides is 1. The van der Waals surface area contributed by atoms with Crippen molar-refractivity contribution in [3.05, 3.63) is 66.2 Å². The van der Waals surface area contributed by atoms with Gasteiger partial charge in [-0.05, 0) is 35.4 Å². The molecule has 0 saturated heterocycles. The molecule has 29 heavy (non-hydrogen) atoms. The number of carboxylic acid groups (broad SMARTS) is 1. The van der Waals surface area contributed by atoms with E-state index in [2.05, 4.69) is 4.98 Å². The van der Waals surface area contributed by atoms with Gasteiger partial charge >= 0.3 is 5.97 Å². The summed E-state index contributed by atoms with van der Waals surface area (Å²) in [6.45, 7) is -0.0742. The molecule has 9 heteroatoms. The second-order valence-electron chi connectivity index (χ2n) is 7.00. The minimum Gasteiger partial charge on any atom is -0.480 e. The largest absolute Gasteiger partial charge is 0.480 e. The number of carbonyl (C=O) groups is 1. The number of aliphatic carboxylic acids is 1. The number of aryl methyl sites for hydroxylation is 1. The SMILES string of the molecule is Cn1cnc2c1CC(C(=O)O)N(S(=O)(=O)c1ccc(-c3ccc(N)cc3)cc1)C2. The average Bonchev–Trinajstić information content (AvgIpc) is 3.08. The summed E-state index contributed by atoms with van der Waals surface area (Å²) in [6, 6.07) is 12.5. The van der Waals surface area contributed by atoms with Gasteiger partial charge in [0.15, 0.2) is 0 Å². The lowest BCUT2D eigenvalue weighted by molar-refractivity contribution is -0.141. The number of anilines is 1. The molecule has 1 aliphatic rings. The van der Waals surface area contributed by atoms with Crippen LogP contribution in [0.15, 0.2) is 59.8 Å².